The SMILES string of the molecule is CC1(C)Oc2ccc(-c3cc(-c4nc(-c5ccccc5)nc(-c5ccc(C#N)cc5)n4)cc(-c4nc(-c5ccccc5)nc(-c5ccc(C#N)cc5)n4)c3)cc2-c2ccccc21. The van der Waals surface area contributed by atoms with E-state index in [2.05, 4.69) is 68.5 Å². The topological polar surface area (TPSA) is 134 Å². The van der Waals surface area contributed by atoms with Crippen LogP contribution in [0, 0.1) is 22.7 Å². The van der Waals surface area contributed by atoms with Crippen molar-refractivity contribution in [3.05, 3.63) is 187 Å². The molecule has 0 atom stereocenters. The zero-order valence-electron chi connectivity index (χ0n) is 33.7. The minimum absolute atomic E-state index is 0.444. The van der Waals surface area contributed by atoms with Crippen LogP contribution in [0.1, 0.15) is 30.5 Å². The third-order valence-electron chi connectivity index (χ3n) is 10.9. The summed E-state index contributed by atoms with van der Waals surface area (Å²) in [5.74, 6) is 3.63. The number of nitriles is 2. The van der Waals surface area contributed by atoms with E-state index in [0.717, 1.165) is 55.8 Å². The second kappa shape index (κ2) is 15.5. The highest BCUT2D eigenvalue weighted by Gasteiger charge is 2.32. The highest BCUT2D eigenvalue weighted by atomic mass is 16.5. The third-order valence-corrected chi connectivity index (χ3v) is 10.9. The second-order valence-electron chi connectivity index (χ2n) is 15.4. The first-order chi connectivity index (χ1) is 30.3. The average molecular weight is 799 g/mol. The van der Waals surface area contributed by atoms with E-state index in [4.69, 9.17) is 34.6 Å². The number of benzene rings is 7. The van der Waals surface area contributed by atoms with Crippen LogP contribution >= 0.6 is 0 Å². The van der Waals surface area contributed by atoms with Gasteiger partial charge in [-0.2, -0.15) is 10.5 Å². The molecule has 1 aliphatic rings. The number of ether oxygens (including phenoxy) is 1. The van der Waals surface area contributed by atoms with E-state index in [9.17, 15) is 10.5 Å². The molecule has 0 amide bonds. The van der Waals surface area contributed by atoms with Gasteiger partial charge in [0.15, 0.2) is 34.9 Å². The van der Waals surface area contributed by atoms with E-state index in [-0.39, 0.29) is 0 Å². The zero-order valence-corrected chi connectivity index (χ0v) is 33.7. The van der Waals surface area contributed by atoms with Gasteiger partial charge in [0.05, 0.1) is 23.3 Å². The molecule has 10 rings (SSSR count). The predicted octanol–water partition coefficient (Wildman–Crippen LogP) is 11.8. The number of aromatic nitrogens is 6. The summed E-state index contributed by atoms with van der Waals surface area (Å²) in [7, 11) is 0. The fourth-order valence-corrected chi connectivity index (χ4v) is 7.72. The van der Waals surface area contributed by atoms with Gasteiger partial charge in [0.1, 0.15) is 11.4 Å². The van der Waals surface area contributed by atoms with Gasteiger partial charge < -0.3 is 4.74 Å². The van der Waals surface area contributed by atoms with Crippen molar-refractivity contribution in [1.29, 1.82) is 10.5 Å². The van der Waals surface area contributed by atoms with Crippen molar-refractivity contribution in [3.8, 4) is 108 Å². The van der Waals surface area contributed by atoms with E-state index in [0.29, 0.717) is 57.2 Å². The summed E-state index contributed by atoms with van der Waals surface area (Å²) in [5, 5.41) is 19.0. The average Bonchev–Trinajstić information content (AvgIpc) is 3.34. The van der Waals surface area contributed by atoms with Crippen molar-refractivity contribution in [2.75, 3.05) is 0 Å². The lowest BCUT2D eigenvalue weighted by molar-refractivity contribution is 0.106. The molecule has 7 aromatic carbocycles. The molecule has 9 heteroatoms. The van der Waals surface area contributed by atoms with Crippen LogP contribution in [0.2, 0.25) is 0 Å². The molecule has 9 aromatic rings. The Bertz CT molecular complexity index is 3080. The van der Waals surface area contributed by atoms with E-state index in [1.807, 2.05) is 103 Å². The molecule has 0 radical (unpaired) electrons. The Morgan fingerprint density at radius 1 is 0.371 bits per heavy atom. The van der Waals surface area contributed by atoms with Crippen molar-refractivity contribution in [2.24, 2.45) is 0 Å². The maximum absolute atomic E-state index is 9.52. The molecule has 0 fully saturated rings. The maximum Gasteiger partial charge on any atom is 0.164 e. The summed E-state index contributed by atoms with van der Waals surface area (Å²) in [5.41, 5.74) is 10.2. The molecule has 3 heterocycles. The van der Waals surface area contributed by atoms with Crippen LogP contribution in [0.5, 0.6) is 5.75 Å². The number of fused-ring (bicyclic) bond motifs is 3. The molecular weight excluding hydrogens is 765 g/mol. The second-order valence-corrected chi connectivity index (χ2v) is 15.4. The van der Waals surface area contributed by atoms with Crippen LogP contribution in [0.4, 0.5) is 0 Å². The van der Waals surface area contributed by atoms with E-state index in [1.165, 1.54) is 0 Å². The monoisotopic (exact) mass is 798 g/mol. The lowest BCUT2D eigenvalue weighted by atomic mass is 9.85. The molecule has 0 bridgehead atoms. The smallest absolute Gasteiger partial charge is 0.164 e. The van der Waals surface area contributed by atoms with Crippen molar-refractivity contribution in [2.45, 2.75) is 19.4 Å². The van der Waals surface area contributed by atoms with Gasteiger partial charge in [-0.3, -0.25) is 0 Å². The maximum atomic E-state index is 9.52. The Balaban J connectivity index is 1.21. The first-order valence-corrected chi connectivity index (χ1v) is 20.1. The van der Waals surface area contributed by atoms with Crippen LogP contribution in [-0.2, 0) is 5.60 Å². The molecule has 9 nitrogen and oxygen atoms in total. The molecule has 0 saturated carbocycles. The summed E-state index contributed by atoms with van der Waals surface area (Å²) in [6, 6.07) is 59.2. The lowest BCUT2D eigenvalue weighted by Gasteiger charge is -2.35. The molecule has 62 heavy (non-hydrogen) atoms. The van der Waals surface area contributed by atoms with Gasteiger partial charge in [0.2, 0.25) is 0 Å². The fraction of sp³-hybridized carbons (Fsp3) is 0.0566. The first kappa shape index (κ1) is 37.6. The van der Waals surface area contributed by atoms with Gasteiger partial charge in [-0.25, -0.2) is 29.9 Å². The van der Waals surface area contributed by atoms with Crippen molar-refractivity contribution >= 4 is 0 Å². The number of hydrogen-bond acceptors (Lipinski definition) is 9. The number of hydrogen-bond donors (Lipinski definition) is 0. The summed E-state index contributed by atoms with van der Waals surface area (Å²) in [6.07, 6.45) is 0. The normalized spacial score (nSPS) is 12.3. The van der Waals surface area contributed by atoms with Crippen LogP contribution in [-0.4, -0.2) is 29.9 Å². The Kier molecular flexibility index (Phi) is 9.40. The van der Waals surface area contributed by atoms with E-state index >= 15 is 0 Å². The molecule has 0 N–H and O–H groups in total. The first-order valence-electron chi connectivity index (χ1n) is 20.1. The molecule has 2 aromatic heterocycles. The summed E-state index contributed by atoms with van der Waals surface area (Å²) < 4.78 is 6.58. The van der Waals surface area contributed by atoms with Crippen LogP contribution in [0.15, 0.2) is 170 Å². The van der Waals surface area contributed by atoms with Gasteiger partial charge in [0, 0.05) is 44.5 Å². The quantitative estimate of drug-likeness (QED) is 0.154. The zero-order chi connectivity index (χ0) is 42.2. The van der Waals surface area contributed by atoms with Gasteiger partial charge in [-0.15, -0.1) is 0 Å². The molecule has 0 spiro atoms. The standard InChI is InChI=1S/C53H34N8O/c1-53(2)45-16-10-9-15-43(45)44-30-39(25-26-46(44)62-53)40-27-41(51-58-47(35-11-5-3-6-12-35)56-49(60-51)37-21-17-33(31-54)18-22-37)29-42(28-40)52-59-48(36-13-7-4-8-14-36)57-50(61-52)38-23-19-34(32-55)20-24-38/h3-30H,1-2H3. The van der Waals surface area contributed by atoms with Crippen LogP contribution < -0.4 is 4.74 Å². The van der Waals surface area contributed by atoms with Gasteiger partial charge in [-0.1, -0.05) is 91.0 Å². The Morgan fingerprint density at radius 3 is 1.23 bits per heavy atom. The number of nitrogens with zero attached hydrogens (tertiary/aromatic N) is 8. The molecule has 0 saturated heterocycles. The van der Waals surface area contributed by atoms with Crippen molar-refractivity contribution < 1.29 is 4.74 Å². The van der Waals surface area contributed by atoms with Crippen LogP contribution in [0.3, 0.4) is 0 Å². The molecule has 0 unspecified atom stereocenters. The molecule has 1 aliphatic heterocycles. The predicted molar refractivity (Wildman–Crippen MR) is 240 cm³/mol. The Morgan fingerprint density at radius 2 is 0.758 bits per heavy atom. The summed E-state index contributed by atoms with van der Waals surface area (Å²) >= 11 is 0. The van der Waals surface area contributed by atoms with Crippen molar-refractivity contribution in [3.63, 3.8) is 0 Å². The van der Waals surface area contributed by atoms with Crippen molar-refractivity contribution in [1.82, 2.24) is 29.9 Å². The van der Waals surface area contributed by atoms with Gasteiger partial charge in [0.25, 0.3) is 0 Å². The third kappa shape index (κ3) is 7.21. The highest BCUT2D eigenvalue weighted by molar-refractivity contribution is 5.85. The van der Waals surface area contributed by atoms with Gasteiger partial charge in [-0.05, 0) is 109 Å². The summed E-state index contributed by atoms with van der Waals surface area (Å²) in [4.78, 5) is 30.2. The molecule has 0 aliphatic carbocycles. The molecular formula is C53H34N8O. The largest absolute Gasteiger partial charge is 0.482 e. The fourth-order valence-electron chi connectivity index (χ4n) is 7.72. The molecule has 292 valence electrons. The van der Waals surface area contributed by atoms with Crippen LogP contribution in [0.25, 0.3) is 90.6 Å². The number of rotatable bonds is 7. The van der Waals surface area contributed by atoms with E-state index < -0.39 is 5.60 Å². The minimum Gasteiger partial charge on any atom is -0.482 e. The van der Waals surface area contributed by atoms with Gasteiger partial charge >= 0.3 is 0 Å². The Labute approximate surface area is 358 Å². The highest BCUT2D eigenvalue weighted by Crippen LogP contribution is 2.47. The van der Waals surface area contributed by atoms with E-state index in [1.54, 1.807) is 24.3 Å². The minimum atomic E-state index is -0.498. The summed E-state index contributed by atoms with van der Waals surface area (Å²) in [6.45, 7) is 4.18. The lowest BCUT2D eigenvalue weighted by Crippen LogP contribution is -2.29. The Hall–Kier alpha value is -8.66.